The van der Waals surface area contributed by atoms with Gasteiger partial charge in [0, 0.05) is 10.6 Å². The second kappa shape index (κ2) is 9.55. The quantitative estimate of drug-likeness (QED) is 0.409. The molecule has 0 unspecified atom stereocenters. The molecule has 0 aliphatic carbocycles. The van der Waals surface area contributed by atoms with E-state index in [2.05, 4.69) is 10.6 Å². The Hall–Kier alpha value is -2.49. The van der Waals surface area contributed by atoms with Crippen LogP contribution in [0.4, 0.5) is 24.5 Å². The van der Waals surface area contributed by atoms with Crippen molar-refractivity contribution in [3.8, 4) is 0 Å². The van der Waals surface area contributed by atoms with Crippen LogP contribution in [0.1, 0.15) is 15.2 Å². The largest absolute Gasteiger partial charge is 0.416 e. The summed E-state index contributed by atoms with van der Waals surface area (Å²) >= 11 is 8.42. The van der Waals surface area contributed by atoms with Crippen LogP contribution < -0.4 is 10.6 Å². The molecule has 30 heavy (non-hydrogen) atoms. The maximum absolute atomic E-state index is 12.8. The zero-order valence-corrected chi connectivity index (χ0v) is 17.5. The average molecular weight is 471 g/mol. The number of carbonyl (C=O) groups excluding carboxylic acids is 2. The monoisotopic (exact) mass is 470 g/mol. The van der Waals surface area contributed by atoms with Crippen LogP contribution >= 0.6 is 34.7 Å². The Balaban J connectivity index is 1.54. The fraction of sp³-hybridized carbons (Fsp3) is 0.100. The molecule has 2 aromatic carbocycles. The van der Waals surface area contributed by atoms with Gasteiger partial charge in [0.1, 0.15) is 0 Å². The van der Waals surface area contributed by atoms with Crippen molar-refractivity contribution < 1.29 is 22.8 Å². The smallest absolute Gasteiger partial charge is 0.324 e. The molecule has 0 saturated carbocycles. The van der Waals surface area contributed by atoms with Crippen molar-refractivity contribution in [1.29, 1.82) is 0 Å². The Morgan fingerprint density at radius 3 is 2.40 bits per heavy atom. The molecule has 0 aliphatic rings. The summed E-state index contributed by atoms with van der Waals surface area (Å²) in [5.74, 6) is -0.716. The molecule has 10 heteroatoms. The highest BCUT2D eigenvalue weighted by atomic mass is 35.5. The van der Waals surface area contributed by atoms with Gasteiger partial charge in [0.15, 0.2) is 0 Å². The minimum absolute atomic E-state index is 0.0204. The standard InChI is InChI=1S/C20H14ClF3N2O2S2/c21-15-8-3-12(20(22,23)24)10-16(15)26-18(27)11-30-14-6-4-13(5-7-14)25-19(28)17-2-1-9-29-17/h1-10H,11H2,(H,25,28)(H,26,27). The first-order chi connectivity index (χ1) is 14.2. The summed E-state index contributed by atoms with van der Waals surface area (Å²) in [6.45, 7) is 0. The molecule has 2 amide bonds. The van der Waals surface area contributed by atoms with Gasteiger partial charge in [-0.25, -0.2) is 0 Å². The van der Waals surface area contributed by atoms with E-state index in [-0.39, 0.29) is 22.4 Å². The van der Waals surface area contributed by atoms with Crippen LogP contribution in [0.15, 0.2) is 64.9 Å². The molecule has 0 atom stereocenters. The van der Waals surface area contributed by atoms with E-state index < -0.39 is 17.6 Å². The zero-order valence-electron chi connectivity index (χ0n) is 15.1. The Morgan fingerprint density at radius 2 is 1.77 bits per heavy atom. The second-order valence-electron chi connectivity index (χ2n) is 5.99. The van der Waals surface area contributed by atoms with Crippen molar-refractivity contribution in [2.75, 3.05) is 16.4 Å². The molecule has 2 N–H and O–H groups in total. The van der Waals surface area contributed by atoms with E-state index in [9.17, 15) is 22.8 Å². The van der Waals surface area contributed by atoms with Crippen molar-refractivity contribution in [2.24, 2.45) is 0 Å². The SMILES string of the molecule is O=C(CSc1ccc(NC(=O)c2cccs2)cc1)Nc1cc(C(F)(F)F)ccc1Cl. The molecule has 3 rings (SSSR count). The summed E-state index contributed by atoms with van der Waals surface area (Å²) in [7, 11) is 0. The average Bonchev–Trinajstić information content (AvgIpc) is 3.23. The van der Waals surface area contributed by atoms with E-state index in [4.69, 9.17) is 11.6 Å². The Labute approximate surface area is 183 Å². The summed E-state index contributed by atoms with van der Waals surface area (Å²) in [5.41, 5.74) is -0.378. The number of amides is 2. The van der Waals surface area contributed by atoms with Crippen LogP contribution in [0.2, 0.25) is 5.02 Å². The van der Waals surface area contributed by atoms with Gasteiger partial charge >= 0.3 is 6.18 Å². The zero-order chi connectivity index (χ0) is 21.7. The van der Waals surface area contributed by atoms with Gasteiger partial charge < -0.3 is 10.6 Å². The lowest BCUT2D eigenvalue weighted by Crippen LogP contribution is -2.15. The number of hydrogen-bond acceptors (Lipinski definition) is 4. The topological polar surface area (TPSA) is 58.2 Å². The fourth-order valence-corrected chi connectivity index (χ4v) is 3.85. The third-order valence-electron chi connectivity index (χ3n) is 3.79. The first-order valence-electron chi connectivity index (χ1n) is 8.47. The number of anilines is 2. The second-order valence-corrected chi connectivity index (χ2v) is 8.39. The molecule has 0 spiro atoms. The third kappa shape index (κ3) is 6.01. The minimum Gasteiger partial charge on any atom is -0.324 e. The first kappa shape index (κ1) is 22.2. The predicted molar refractivity (Wildman–Crippen MR) is 115 cm³/mol. The molecule has 156 valence electrons. The van der Waals surface area contributed by atoms with E-state index in [0.717, 1.165) is 23.1 Å². The van der Waals surface area contributed by atoms with Crippen molar-refractivity contribution >= 4 is 57.9 Å². The number of carbonyl (C=O) groups is 2. The Kier molecular flexibility index (Phi) is 7.06. The third-order valence-corrected chi connectivity index (χ3v) is 6.01. The normalized spacial score (nSPS) is 11.2. The molecule has 0 saturated heterocycles. The lowest BCUT2D eigenvalue weighted by atomic mass is 10.2. The molecular formula is C20H14ClF3N2O2S2. The van der Waals surface area contributed by atoms with Gasteiger partial charge in [-0.1, -0.05) is 17.7 Å². The predicted octanol–water partition coefficient (Wildman–Crippen LogP) is 6.40. The number of alkyl halides is 3. The van der Waals surface area contributed by atoms with E-state index in [1.807, 2.05) is 5.38 Å². The van der Waals surface area contributed by atoms with Gasteiger partial charge in [-0.2, -0.15) is 13.2 Å². The molecule has 3 aromatic rings. The maximum Gasteiger partial charge on any atom is 0.416 e. The van der Waals surface area contributed by atoms with Crippen LogP contribution in [0.25, 0.3) is 0 Å². The lowest BCUT2D eigenvalue weighted by Gasteiger charge is -2.11. The van der Waals surface area contributed by atoms with Crippen LogP contribution in [0, 0.1) is 0 Å². The number of benzene rings is 2. The summed E-state index contributed by atoms with van der Waals surface area (Å²) in [6.07, 6.45) is -4.53. The van der Waals surface area contributed by atoms with Crippen LogP contribution in [-0.2, 0) is 11.0 Å². The molecule has 0 aliphatic heterocycles. The van der Waals surface area contributed by atoms with Crippen molar-refractivity contribution in [2.45, 2.75) is 11.1 Å². The number of thioether (sulfide) groups is 1. The Bertz CT molecular complexity index is 1040. The lowest BCUT2D eigenvalue weighted by molar-refractivity contribution is -0.137. The highest BCUT2D eigenvalue weighted by Crippen LogP contribution is 2.34. The van der Waals surface area contributed by atoms with Crippen LogP contribution in [-0.4, -0.2) is 17.6 Å². The van der Waals surface area contributed by atoms with Gasteiger partial charge in [0.05, 0.1) is 26.9 Å². The summed E-state index contributed by atoms with van der Waals surface area (Å²) in [6, 6.07) is 13.1. The summed E-state index contributed by atoms with van der Waals surface area (Å²) in [5, 5.41) is 7.00. The number of thiophene rings is 1. The summed E-state index contributed by atoms with van der Waals surface area (Å²) < 4.78 is 38.4. The van der Waals surface area contributed by atoms with Crippen LogP contribution in [0.5, 0.6) is 0 Å². The van der Waals surface area contributed by atoms with E-state index in [1.54, 1.807) is 36.4 Å². The fourth-order valence-electron chi connectivity index (χ4n) is 2.37. The van der Waals surface area contributed by atoms with Gasteiger partial charge in [-0.05, 0) is 53.9 Å². The van der Waals surface area contributed by atoms with Gasteiger partial charge in [-0.15, -0.1) is 23.1 Å². The molecule has 0 bridgehead atoms. The van der Waals surface area contributed by atoms with Gasteiger partial charge in [-0.3, -0.25) is 9.59 Å². The molecule has 0 fully saturated rings. The molecule has 1 aromatic heterocycles. The number of halogens is 4. The summed E-state index contributed by atoms with van der Waals surface area (Å²) in [4.78, 5) is 25.5. The highest BCUT2D eigenvalue weighted by molar-refractivity contribution is 8.00. The van der Waals surface area contributed by atoms with Gasteiger partial charge in [0.2, 0.25) is 5.91 Å². The van der Waals surface area contributed by atoms with E-state index in [0.29, 0.717) is 10.6 Å². The minimum atomic E-state index is -4.53. The van der Waals surface area contributed by atoms with Gasteiger partial charge in [0.25, 0.3) is 5.91 Å². The highest BCUT2D eigenvalue weighted by Gasteiger charge is 2.31. The Morgan fingerprint density at radius 1 is 1.03 bits per heavy atom. The molecule has 4 nitrogen and oxygen atoms in total. The van der Waals surface area contributed by atoms with Crippen LogP contribution in [0.3, 0.4) is 0 Å². The molecule has 1 heterocycles. The molecule has 0 radical (unpaired) electrons. The van der Waals surface area contributed by atoms with E-state index >= 15 is 0 Å². The number of nitrogens with one attached hydrogen (secondary N) is 2. The van der Waals surface area contributed by atoms with Crippen molar-refractivity contribution in [3.05, 3.63) is 75.4 Å². The first-order valence-corrected chi connectivity index (χ1v) is 10.7. The van der Waals surface area contributed by atoms with Crippen molar-refractivity contribution in [1.82, 2.24) is 0 Å². The van der Waals surface area contributed by atoms with Crippen molar-refractivity contribution in [3.63, 3.8) is 0 Å². The number of rotatable bonds is 6. The maximum atomic E-state index is 12.8. The number of hydrogen-bond donors (Lipinski definition) is 2. The van der Waals surface area contributed by atoms with E-state index in [1.165, 1.54) is 23.1 Å². The molecular weight excluding hydrogens is 457 g/mol.